The fourth-order valence-electron chi connectivity index (χ4n) is 5.76. The summed E-state index contributed by atoms with van der Waals surface area (Å²) in [7, 11) is 0. The fourth-order valence-corrected chi connectivity index (χ4v) is 6.20. The summed E-state index contributed by atoms with van der Waals surface area (Å²) in [6, 6.07) is 31.0. The van der Waals surface area contributed by atoms with Crippen LogP contribution in [0.5, 0.6) is 0 Å². The molecule has 43 heavy (non-hydrogen) atoms. The molecule has 202 valence electrons. The van der Waals surface area contributed by atoms with Crippen LogP contribution in [0.4, 0.5) is 0 Å². The summed E-state index contributed by atoms with van der Waals surface area (Å²) >= 11 is 3.82. The van der Waals surface area contributed by atoms with Gasteiger partial charge in [-0.15, -0.1) is 0 Å². The Morgan fingerprint density at radius 2 is 0.628 bits per heavy atom. The molecule has 8 bridgehead atoms. The molecule has 0 radical (unpaired) electrons. The van der Waals surface area contributed by atoms with Crippen molar-refractivity contribution in [2.75, 3.05) is 0 Å². The summed E-state index contributed by atoms with van der Waals surface area (Å²) in [5.41, 5.74) is 12.9. The van der Waals surface area contributed by atoms with Gasteiger partial charge in [0.2, 0.25) is 0 Å². The molecule has 5 heterocycles. The smallest absolute Gasteiger partial charge is 0.0801 e. The zero-order chi connectivity index (χ0) is 28.8. The van der Waals surface area contributed by atoms with E-state index in [1.54, 1.807) is 0 Å². The van der Waals surface area contributed by atoms with Gasteiger partial charge in [-0.2, -0.15) is 0 Å². The number of allylic oxidation sites excluding steroid dienone is 12. The summed E-state index contributed by atoms with van der Waals surface area (Å²) in [5, 5.41) is 0. The van der Waals surface area contributed by atoms with Crippen molar-refractivity contribution in [3.63, 3.8) is 0 Å². The fraction of sp³-hybridized carbons (Fsp3) is 0. The lowest BCUT2D eigenvalue weighted by Crippen LogP contribution is -2.02. The number of nitrogens with zero attached hydrogens (tertiary/aromatic N) is 4. The third kappa shape index (κ3) is 4.55. The molecule has 0 amide bonds. The Labute approximate surface area is 258 Å². The van der Waals surface area contributed by atoms with Gasteiger partial charge in [-0.05, 0) is 81.2 Å². The van der Waals surface area contributed by atoms with Crippen LogP contribution in [0.1, 0.15) is 16.7 Å². The molecule has 0 saturated heterocycles. The first kappa shape index (κ1) is 25.5. The van der Waals surface area contributed by atoms with Crippen molar-refractivity contribution in [2.24, 2.45) is 20.0 Å². The minimum atomic E-state index is 0.818. The maximum absolute atomic E-state index is 5.24. The van der Waals surface area contributed by atoms with Gasteiger partial charge in [-0.1, -0.05) is 91.0 Å². The largest absolute Gasteiger partial charge is 0.248 e. The van der Waals surface area contributed by atoms with Gasteiger partial charge in [0.05, 0.1) is 50.1 Å². The summed E-state index contributed by atoms with van der Waals surface area (Å²) in [4.78, 5) is 20.6. The summed E-state index contributed by atoms with van der Waals surface area (Å²) in [5.74, 6) is 0. The van der Waals surface area contributed by atoms with E-state index < -0.39 is 0 Å². The second-order valence-corrected chi connectivity index (χ2v) is 11.2. The van der Waals surface area contributed by atoms with E-state index in [0.29, 0.717) is 0 Å². The quantitative estimate of drug-likeness (QED) is 0.283. The second-order valence-electron chi connectivity index (χ2n) is 10.4. The molecule has 0 atom stereocenters. The SMILES string of the molecule is BrC1=C2C=CC(=N2)C(c2ccccc2)=C2C=CC(=N2)C(c2ccccc2)=C2C=CC(=N2)C(c2ccccc2)=C2C=CC1=N2. The molecular weight excluding hydrogens is 592 g/mol. The minimum Gasteiger partial charge on any atom is -0.248 e. The molecule has 0 N–H and O–H groups in total. The maximum atomic E-state index is 5.24. The van der Waals surface area contributed by atoms with Gasteiger partial charge >= 0.3 is 0 Å². The number of aliphatic imine (C=N–C) groups is 4. The number of fused-ring (bicyclic) bond motifs is 4. The van der Waals surface area contributed by atoms with E-state index >= 15 is 0 Å². The molecular formula is C38H23BrN4. The van der Waals surface area contributed by atoms with E-state index in [0.717, 1.165) is 83.5 Å². The standard InChI is InChI=1S/C38H23BrN4/c39-38-33-22-20-31(42-33)36(25-12-6-2-7-13-25)29-18-16-27(40-29)35(24-10-4-1-5-11-24)28-17-19-30(41-28)37(26-14-8-3-9-15-26)32-21-23-34(38)43-32/h1-23H. The molecule has 5 aliphatic rings. The van der Waals surface area contributed by atoms with Crippen molar-refractivity contribution < 1.29 is 0 Å². The van der Waals surface area contributed by atoms with Crippen LogP contribution in [-0.2, 0) is 0 Å². The van der Waals surface area contributed by atoms with Gasteiger partial charge in [0.1, 0.15) is 0 Å². The van der Waals surface area contributed by atoms with Crippen LogP contribution in [0, 0.1) is 0 Å². The molecule has 0 aliphatic carbocycles. The Morgan fingerprint density at radius 3 is 1.02 bits per heavy atom. The predicted octanol–water partition coefficient (Wildman–Crippen LogP) is 8.88. The summed E-state index contributed by atoms with van der Waals surface area (Å²) < 4.78 is 0.837. The molecule has 5 heteroatoms. The Balaban J connectivity index is 1.44. The monoisotopic (exact) mass is 614 g/mol. The molecule has 3 aromatic carbocycles. The molecule has 3 aromatic rings. The maximum Gasteiger partial charge on any atom is 0.0801 e. The van der Waals surface area contributed by atoms with Crippen LogP contribution >= 0.6 is 15.9 Å². The normalized spacial score (nSPS) is 18.6. The Kier molecular flexibility index (Phi) is 6.24. The molecule has 0 saturated carbocycles. The lowest BCUT2D eigenvalue weighted by atomic mass is 9.98. The van der Waals surface area contributed by atoms with Gasteiger partial charge in [0, 0.05) is 16.7 Å². The topological polar surface area (TPSA) is 49.4 Å². The van der Waals surface area contributed by atoms with Crippen molar-refractivity contribution in [3.8, 4) is 0 Å². The van der Waals surface area contributed by atoms with Crippen molar-refractivity contribution in [1.29, 1.82) is 0 Å². The highest BCUT2D eigenvalue weighted by Gasteiger charge is 2.26. The van der Waals surface area contributed by atoms with Gasteiger partial charge in [0.15, 0.2) is 0 Å². The highest BCUT2D eigenvalue weighted by atomic mass is 79.9. The van der Waals surface area contributed by atoms with E-state index in [-0.39, 0.29) is 0 Å². The van der Waals surface area contributed by atoms with E-state index in [4.69, 9.17) is 20.0 Å². The van der Waals surface area contributed by atoms with Gasteiger partial charge in [-0.3, -0.25) is 0 Å². The number of halogens is 1. The van der Waals surface area contributed by atoms with Gasteiger partial charge < -0.3 is 0 Å². The highest BCUT2D eigenvalue weighted by molar-refractivity contribution is 9.12. The summed E-state index contributed by atoms with van der Waals surface area (Å²) in [6.07, 6.45) is 16.5. The molecule has 4 nitrogen and oxygen atoms in total. The van der Waals surface area contributed by atoms with Crippen LogP contribution in [0.15, 0.2) is 187 Å². The van der Waals surface area contributed by atoms with Crippen molar-refractivity contribution in [1.82, 2.24) is 0 Å². The Hall–Kier alpha value is -5.26. The average molecular weight is 616 g/mol. The molecule has 8 rings (SSSR count). The van der Waals surface area contributed by atoms with E-state index in [2.05, 4.69) is 101 Å². The molecule has 0 unspecified atom stereocenters. The van der Waals surface area contributed by atoms with E-state index in [1.165, 1.54) is 0 Å². The zero-order valence-electron chi connectivity index (χ0n) is 22.9. The number of benzene rings is 3. The third-order valence-corrected chi connectivity index (χ3v) is 8.55. The van der Waals surface area contributed by atoms with Crippen LogP contribution in [-0.4, -0.2) is 22.8 Å². The van der Waals surface area contributed by atoms with Crippen molar-refractivity contribution in [3.05, 3.63) is 184 Å². The van der Waals surface area contributed by atoms with Crippen LogP contribution in [0.25, 0.3) is 16.7 Å². The zero-order valence-corrected chi connectivity index (χ0v) is 24.5. The van der Waals surface area contributed by atoms with E-state index in [9.17, 15) is 0 Å². The Bertz CT molecular complexity index is 2040. The van der Waals surface area contributed by atoms with E-state index in [1.807, 2.05) is 54.6 Å². The highest BCUT2D eigenvalue weighted by Crippen LogP contribution is 2.37. The third-order valence-electron chi connectivity index (χ3n) is 7.73. The molecule has 0 fully saturated rings. The van der Waals surface area contributed by atoms with Gasteiger partial charge in [0.25, 0.3) is 0 Å². The van der Waals surface area contributed by atoms with Crippen LogP contribution in [0.3, 0.4) is 0 Å². The lowest BCUT2D eigenvalue weighted by Gasteiger charge is -2.11. The van der Waals surface area contributed by atoms with Crippen molar-refractivity contribution >= 4 is 55.5 Å². The van der Waals surface area contributed by atoms with Crippen LogP contribution in [0.2, 0.25) is 0 Å². The van der Waals surface area contributed by atoms with Crippen molar-refractivity contribution in [2.45, 2.75) is 0 Å². The minimum absolute atomic E-state index is 0.818. The first-order valence-electron chi connectivity index (χ1n) is 14.1. The van der Waals surface area contributed by atoms with Gasteiger partial charge in [-0.25, -0.2) is 20.0 Å². The molecule has 0 aromatic heterocycles. The summed E-state index contributed by atoms with van der Waals surface area (Å²) in [6.45, 7) is 0. The average Bonchev–Trinajstić information content (AvgIpc) is 3.88. The Morgan fingerprint density at radius 1 is 0.326 bits per heavy atom. The number of rotatable bonds is 3. The first-order valence-corrected chi connectivity index (χ1v) is 14.9. The number of hydrogen-bond donors (Lipinski definition) is 0. The first-order chi connectivity index (χ1) is 21.2. The molecule has 0 spiro atoms. The number of hydrogen-bond acceptors (Lipinski definition) is 4. The molecule has 5 aliphatic heterocycles. The van der Waals surface area contributed by atoms with Crippen LogP contribution < -0.4 is 0 Å². The predicted molar refractivity (Wildman–Crippen MR) is 182 cm³/mol. The lowest BCUT2D eigenvalue weighted by molar-refractivity contribution is 1.40. The second kappa shape index (κ2) is 10.5.